The maximum absolute atomic E-state index is 10.4. The molecule has 1 rings (SSSR count). The van der Waals surface area contributed by atoms with Crippen LogP contribution in [-0.2, 0) is 0 Å². The van der Waals surface area contributed by atoms with Gasteiger partial charge in [0.2, 0.25) is 0 Å². The van der Waals surface area contributed by atoms with Crippen molar-refractivity contribution in [2.45, 2.75) is 6.42 Å². The predicted molar refractivity (Wildman–Crippen MR) is 52.1 cm³/mol. The summed E-state index contributed by atoms with van der Waals surface area (Å²) in [5.41, 5.74) is 0.948. The fourth-order valence-electron chi connectivity index (χ4n) is 0.961. The van der Waals surface area contributed by atoms with Crippen molar-refractivity contribution >= 4 is 11.8 Å². The van der Waals surface area contributed by atoms with Crippen LogP contribution in [0.2, 0.25) is 0 Å². The van der Waals surface area contributed by atoms with E-state index in [4.69, 9.17) is 0 Å². The smallest absolute Gasteiger partial charge is 0.258 e. The number of hydrogen-bond acceptors (Lipinski definition) is 2. The predicted octanol–water partition coefficient (Wildman–Crippen LogP) is 2.83. The molecule has 0 saturated heterocycles. The van der Waals surface area contributed by atoms with E-state index in [2.05, 4.69) is 6.92 Å². The Morgan fingerprint density at radius 1 is 1.54 bits per heavy atom. The van der Waals surface area contributed by atoms with Gasteiger partial charge in [-0.2, -0.15) is 0 Å². The molecule has 67 valence electrons. The lowest BCUT2D eigenvalue weighted by Gasteiger charge is -1.93. The minimum absolute atomic E-state index is 0.117. The Hall–Kier alpha value is -1.64. The third-order valence-corrected chi connectivity index (χ3v) is 1.56. The van der Waals surface area contributed by atoms with Gasteiger partial charge in [-0.25, -0.2) is 0 Å². The Balaban J connectivity index is 2.92. The molecule has 0 saturated carbocycles. The number of nitro groups is 1. The Labute approximate surface area is 76.9 Å². The zero-order chi connectivity index (χ0) is 9.68. The quantitative estimate of drug-likeness (QED) is 0.525. The highest BCUT2D eigenvalue weighted by atomic mass is 16.6. The van der Waals surface area contributed by atoms with Crippen LogP contribution in [0.15, 0.2) is 30.3 Å². The van der Waals surface area contributed by atoms with Crippen molar-refractivity contribution in [2.75, 3.05) is 0 Å². The lowest BCUT2D eigenvalue weighted by atomic mass is 10.2. The van der Waals surface area contributed by atoms with Crippen LogP contribution in [0, 0.1) is 17.0 Å². The molecule has 1 radical (unpaired) electrons. The number of nitro benzene ring substituents is 1. The molecule has 0 amide bonds. The summed E-state index contributed by atoms with van der Waals surface area (Å²) >= 11 is 0. The van der Waals surface area contributed by atoms with Crippen LogP contribution in [-0.4, -0.2) is 4.92 Å². The van der Waals surface area contributed by atoms with Crippen LogP contribution in [0.5, 0.6) is 0 Å². The zero-order valence-corrected chi connectivity index (χ0v) is 7.14. The molecule has 0 aliphatic heterocycles. The highest BCUT2D eigenvalue weighted by Crippen LogP contribution is 2.14. The normalized spacial score (nSPS) is 10.5. The minimum atomic E-state index is -0.401. The summed E-state index contributed by atoms with van der Waals surface area (Å²) < 4.78 is 0. The number of benzene rings is 1. The van der Waals surface area contributed by atoms with Crippen LogP contribution in [0.1, 0.15) is 12.0 Å². The fraction of sp³-hybridized carbons (Fsp3) is 0.100. The third-order valence-electron chi connectivity index (χ3n) is 1.56. The SMILES string of the molecule is [CH2]CC=Cc1cccc([N+](=O)[O-])c1. The van der Waals surface area contributed by atoms with Crippen LogP contribution in [0.3, 0.4) is 0 Å². The van der Waals surface area contributed by atoms with Gasteiger partial charge in [-0.15, -0.1) is 0 Å². The van der Waals surface area contributed by atoms with Gasteiger partial charge < -0.3 is 0 Å². The molecule has 0 atom stereocenters. The summed E-state index contributed by atoms with van der Waals surface area (Å²) in [6.45, 7) is 3.64. The van der Waals surface area contributed by atoms with E-state index in [1.54, 1.807) is 6.07 Å². The minimum Gasteiger partial charge on any atom is -0.258 e. The highest BCUT2D eigenvalue weighted by molar-refractivity contribution is 5.53. The molecule has 0 aliphatic carbocycles. The van der Waals surface area contributed by atoms with Crippen molar-refractivity contribution in [3.8, 4) is 0 Å². The molecule has 0 heterocycles. The number of allylic oxidation sites excluding steroid dienone is 1. The number of rotatable bonds is 3. The highest BCUT2D eigenvalue weighted by Gasteiger charge is 2.02. The molecule has 0 bridgehead atoms. The molecular weight excluding hydrogens is 166 g/mol. The first-order chi connectivity index (χ1) is 6.24. The molecule has 0 unspecified atom stereocenters. The largest absolute Gasteiger partial charge is 0.270 e. The molecule has 0 aliphatic rings. The fourth-order valence-corrected chi connectivity index (χ4v) is 0.961. The van der Waals surface area contributed by atoms with E-state index in [0.717, 1.165) is 5.56 Å². The van der Waals surface area contributed by atoms with Crippen molar-refractivity contribution in [1.82, 2.24) is 0 Å². The van der Waals surface area contributed by atoms with Gasteiger partial charge in [0.25, 0.3) is 5.69 Å². The van der Waals surface area contributed by atoms with Gasteiger partial charge in [0.05, 0.1) is 4.92 Å². The summed E-state index contributed by atoms with van der Waals surface area (Å²) in [5, 5.41) is 10.4. The van der Waals surface area contributed by atoms with Crippen LogP contribution in [0.25, 0.3) is 6.08 Å². The summed E-state index contributed by atoms with van der Waals surface area (Å²) in [5.74, 6) is 0. The van der Waals surface area contributed by atoms with E-state index in [1.807, 2.05) is 18.2 Å². The molecule has 0 spiro atoms. The van der Waals surface area contributed by atoms with E-state index in [1.165, 1.54) is 12.1 Å². The summed E-state index contributed by atoms with van der Waals surface area (Å²) in [6.07, 6.45) is 4.36. The molecule has 3 nitrogen and oxygen atoms in total. The second-order valence-corrected chi connectivity index (χ2v) is 2.54. The molecule has 1 aromatic rings. The Kier molecular flexibility index (Phi) is 3.20. The molecule has 1 aromatic carbocycles. The summed E-state index contributed by atoms with van der Waals surface area (Å²) in [4.78, 5) is 9.99. The maximum Gasteiger partial charge on any atom is 0.270 e. The molecule has 0 aromatic heterocycles. The van der Waals surface area contributed by atoms with Gasteiger partial charge in [0.1, 0.15) is 0 Å². The van der Waals surface area contributed by atoms with Crippen molar-refractivity contribution < 1.29 is 4.92 Å². The van der Waals surface area contributed by atoms with Gasteiger partial charge in [-0.3, -0.25) is 10.1 Å². The topological polar surface area (TPSA) is 43.1 Å². The second-order valence-electron chi connectivity index (χ2n) is 2.54. The van der Waals surface area contributed by atoms with Gasteiger partial charge in [0, 0.05) is 12.1 Å². The van der Waals surface area contributed by atoms with Gasteiger partial charge >= 0.3 is 0 Å². The number of non-ortho nitro benzene ring substituents is 1. The zero-order valence-electron chi connectivity index (χ0n) is 7.14. The Morgan fingerprint density at radius 3 is 2.92 bits per heavy atom. The Morgan fingerprint density at radius 2 is 2.31 bits per heavy atom. The van der Waals surface area contributed by atoms with Crippen LogP contribution >= 0.6 is 0 Å². The van der Waals surface area contributed by atoms with Crippen molar-refractivity contribution in [3.63, 3.8) is 0 Å². The van der Waals surface area contributed by atoms with E-state index in [0.29, 0.717) is 6.42 Å². The van der Waals surface area contributed by atoms with Crippen molar-refractivity contribution in [1.29, 1.82) is 0 Å². The first kappa shape index (κ1) is 9.45. The number of hydrogen-bond donors (Lipinski definition) is 0. The third kappa shape index (κ3) is 2.71. The molecule has 0 fully saturated rings. The lowest BCUT2D eigenvalue weighted by molar-refractivity contribution is -0.384. The van der Waals surface area contributed by atoms with Crippen molar-refractivity contribution in [3.05, 3.63) is 52.9 Å². The monoisotopic (exact) mass is 176 g/mol. The maximum atomic E-state index is 10.4. The average molecular weight is 176 g/mol. The summed E-state index contributed by atoms with van der Waals surface area (Å²) in [7, 11) is 0. The molecule has 3 heteroatoms. The average Bonchev–Trinajstić information content (AvgIpc) is 2.15. The molecule has 13 heavy (non-hydrogen) atoms. The Bertz CT molecular complexity index is 331. The van der Waals surface area contributed by atoms with Gasteiger partial charge in [0.15, 0.2) is 0 Å². The standard InChI is InChI=1S/C10H10NO2/c1-2-3-5-9-6-4-7-10(8-9)11(12)13/h3-8H,1-2H2. The van der Waals surface area contributed by atoms with Gasteiger partial charge in [-0.05, 0) is 18.9 Å². The van der Waals surface area contributed by atoms with E-state index in [-0.39, 0.29) is 5.69 Å². The second kappa shape index (κ2) is 4.40. The van der Waals surface area contributed by atoms with Gasteiger partial charge in [-0.1, -0.05) is 24.3 Å². The van der Waals surface area contributed by atoms with Crippen LogP contribution in [0.4, 0.5) is 5.69 Å². The van der Waals surface area contributed by atoms with E-state index < -0.39 is 4.92 Å². The van der Waals surface area contributed by atoms with E-state index in [9.17, 15) is 10.1 Å². The molecule has 0 N–H and O–H groups in total. The van der Waals surface area contributed by atoms with E-state index >= 15 is 0 Å². The van der Waals surface area contributed by atoms with Crippen LogP contribution < -0.4 is 0 Å². The first-order valence-electron chi connectivity index (χ1n) is 3.94. The lowest BCUT2D eigenvalue weighted by Crippen LogP contribution is -1.87. The molecular formula is C10H10NO2. The van der Waals surface area contributed by atoms with Crippen molar-refractivity contribution in [2.24, 2.45) is 0 Å². The first-order valence-corrected chi connectivity index (χ1v) is 3.94. The summed E-state index contributed by atoms with van der Waals surface area (Å²) in [6, 6.07) is 6.49. The number of nitrogens with zero attached hydrogens (tertiary/aromatic N) is 1.